The Labute approximate surface area is 142 Å². The standard InChI is InChI=1S/C20H22N2O2/c1-16(15-19(23)18-12-6-3-7-13-18)22-20(24)21-14-8-11-17-9-4-2-5-10-17/h2-7,9-10,12-13,16,19,23H,14-15H2,1H3,(H2,21,22,24)/t16-,19+/m1/s1. The minimum Gasteiger partial charge on any atom is -0.388 e. The summed E-state index contributed by atoms with van der Waals surface area (Å²) in [7, 11) is 0. The lowest BCUT2D eigenvalue weighted by molar-refractivity contribution is 0.154. The summed E-state index contributed by atoms with van der Waals surface area (Å²) in [6.07, 6.45) is -0.146. The maximum absolute atomic E-state index is 11.8. The van der Waals surface area contributed by atoms with Gasteiger partial charge in [-0.15, -0.1) is 0 Å². The zero-order valence-electron chi connectivity index (χ0n) is 13.7. The summed E-state index contributed by atoms with van der Waals surface area (Å²) in [6.45, 7) is 2.13. The molecule has 2 rings (SSSR count). The Kier molecular flexibility index (Phi) is 6.88. The Morgan fingerprint density at radius 3 is 2.38 bits per heavy atom. The summed E-state index contributed by atoms with van der Waals surface area (Å²) in [4.78, 5) is 11.8. The molecule has 0 aliphatic carbocycles. The van der Waals surface area contributed by atoms with Crippen molar-refractivity contribution in [3.63, 3.8) is 0 Å². The highest BCUT2D eigenvalue weighted by atomic mass is 16.3. The fraction of sp³-hybridized carbons (Fsp3) is 0.250. The Hall–Kier alpha value is -2.77. The molecule has 2 aromatic carbocycles. The molecule has 0 aromatic heterocycles. The van der Waals surface area contributed by atoms with Crippen LogP contribution in [0.3, 0.4) is 0 Å². The first kappa shape index (κ1) is 17.6. The normalized spacial score (nSPS) is 12.4. The zero-order valence-corrected chi connectivity index (χ0v) is 13.7. The van der Waals surface area contributed by atoms with Crippen LogP contribution in [0.1, 0.15) is 30.6 Å². The van der Waals surface area contributed by atoms with Gasteiger partial charge in [0.1, 0.15) is 0 Å². The van der Waals surface area contributed by atoms with Crippen LogP contribution in [0.25, 0.3) is 0 Å². The van der Waals surface area contributed by atoms with Crippen molar-refractivity contribution >= 4 is 6.03 Å². The maximum Gasteiger partial charge on any atom is 0.315 e. The van der Waals surface area contributed by atoms with Gasteiger partial charge in [0.2, 0.25) is 0 Å². The van der Waals surface area contributed by atoms with Crippen molar-refractivity contribution in [2.45, 2.75) is 25.5 Å². The lowest BCUT2D eigenvalue weighted by atomic mass is 10.0. The average molecular weight is 322 g/mol. The van der Waals surface area contributed by atoms with Gasteiger partial charge in [0.15, 0.2) is 0 Å². The van der Waals surface area contributed by atoms with Gasteiger partial charge in [-0.1, -0.05) is 60.4 Å². The Balaban J connectivity index is 1.71. The number of carbonyl (C=O) groups excluding carboxylic acids is 1. The molecule has 4 nitrogen and oxygen atoms in total. The van der Waals surface area contributed by atoms with Gasteiger partial charge in [0, 0.05) is 11.6 Å². The molecular weight excluding hydrogens is 300 g/mol. The van der Waals surface area contributed by atoms with E-state index >= 15 is 0 Å². The molecule has 0 aliphatic heterocycles. The lowest BCUT2D eigenvalue weighted by Gasteiger charge is -2.18. The summed E-state index contributed by atoms with van der Waals surface area (Å²) < 4.78 is 0. The topological polar surface area (TPSA) is 61.4 Å². The van der Waals surface area contributed by atoms with Gasteiger partial charge in [-0.2, -0.15) is 0 Å². The van der Waals surface area contributed by atoms with E-state index in [9.17, 15) is 9.90 Å². The molecule has 0 heterocycles. The summed E-state index contributed by atoms with van der Waals surface area (Å²) in [5.41, 5.74) is 1.76. The Morgan fingerprint density at radius 1 is 1.08 bits per heavy atom. The number of carbonyl (C=O) groups is 1. The predicted molar refractivity (Wildman–Crippen MR) is 95.3 cm³/mol. The lowest BCUT2D eigenvalue weighted by Crippen LogP contribution is -2.41. The highest BCUT2D eigenvalue weighted by Crippen LogP contribution is 2.17. The van der Waals surface area contributed by atoms with Gasteiger partial charge < -0.3 is 15.7 Å². The number of aliphatic hydroxyl groups is 1. The van der Waals surface area contributed by atoms with Gasteiger partial charge in [-0.05, 0) is 31.0 Å². The van der Waals surface area contributed by atoms with Crippen LogP contribution in [0.2, 0.25) is 0 Å². The molecule has 0 bridgehead atoms. The summed E-state index contributed by atoms with van der Waals surface area (Å²) >= 11 is 0. The maximum atomic E-state index is 11.8. The van der Waals surface area contributed by atoms with E-state index in [1.54, 1.807) is 0 Å². The largest absolute Gasteiger partial charge is 0.388 e. The fourth-order valence-corrected chi connectivity index (χ4v) is 2.27. The SMILES string of the molecule is C[C@H](C[C@H](O)c1ccccc1)NC(=O)NCC#Cc1ccccc1. The van der Waals surface area contributed by atoms with Crippen molar-refractivity contribution in [2.75, 3.05) is 6.54 Å². The Morgan fingerprint density at radius 2 is 1.71 bits per heavy atom. The quantitative estimate of drug-likeness (QED) is 0.741. The number of nitrogens with one attached hydrogen (secondary N) is 2. The first-order valence-electron chi connectivity index (χ1n) is 7.96. The molecule has 4 heteroatoms. The summed E-state index contributed by atoms with van der Waals surface area (Å²) in [5.74, 6) is 5.88. The van der Waals surface area contributed by atoms with E-state index in [1.807, 2.05) is 67.6 Å². The van der Waals surface area contributed by atoms with Gasteiger partial charge >= 0.3 is 6.03 Å². The molecule has 24 heavy (non-hydrogen) atoms. The van der Waals surface area contributed by atoms with Gasteiger partial charge in [-0.3, -0.25) is 0 Å². The zero-order chi connectivity index (χ0) is 17.2. The van der Waals surface area contributed by atoms with Gasteiger partial charge in [0.25, 0.3) is 0 Å². The molecule has 0 aliphatic rings. The van der Waals surface area contributed by atoms with Crippen molar-refractivity contribution in [1.82, 2.24) is 10.6 Å². The molecule has 124 valence electrons. The highest BCUT2D eigenvalue weighted by Gasteiger charge is 2.13. The van der Waals surface area contributed by atoms with E-state index in [2.05, 4.69) is 22.5 Å². The molecule has 2 amide bonds. The summed E-state index contributed by atoms with van der Waals surface area (Å²) in [5, 5.41) is 15.6. The second-order valence-electron chi connectivity index (χ2n) is 5.56. The smallest absolute Gasteiger partial charge is 0.315 e. The van der Waals surface area contributed by atoms with Crippen molar-refractivity contribution < 1.29 is 9.90 Å². The van der Waals surface area contributed by atoms with E-state index < -0.39 is 6.10 Å². The van der Waals surface area contributed by atoms with E-state index in [0.29, 0.717) is 6.42 Å². The number of hydrogen-bond donors (Lipinski definition) is 3. The van der Waals surface area contributed by atoms with Crippen molar-refractivity contribution in [3.05, 3.63) is 71.8 Å². The van der Waals surface area contributed by atoms with Crippen molar-refractivity contribution in [3.8, 4) is 11.8 Å². The van der Waals surface area contributed by atoms with Crippen LogP contribution in [0, 0.1) is 11.8 Å². The van der Waals surface area contributed by atoms with Crippen LogP contribution in [-0.4, -0.2) is 23.7 Å². The van der Waals surface area contributed by atoms with E-state index in [0.717, 1.165) is 11.1 Å². The highest BCUT2D eigenvalue weighted by molar-refractivity contribution is 5.74. The van der Waals surface area contributed by atoms with E-state index in [-0.39, 0.29) is 18.6 Å². The first-order valence-corrected chi connectivity index (χ1v) is 7.96. The second kappa shape index (κ2) is 9.39. The first-order chi connectivity index (χ1) is 11.6. The monoisotopic (exact) mass is 322 g/mol. The van der Waals surface area contributed by atoms with Gasteiger partial charge in [0.05, 0.1) is 12.6 Å². The third-order valence-corrected chi connectivity index (χ3v) is 3.48. The second-order valence-corrected chi connectivity index (χ2v) is 5.56. The molecule has 2 atom stereocenters. The number of urea groups is 1. The molecular formula is C20H22N2O2. The molecule has 0 saturated carbocycles. The van der Waals surface area contributed by atoms with Crippen LogP contribution < -0.4 is 10.6 Å². The number of rotatable bonds is 5. The molecule has 0 spiro atoms. The molecule has 0 fully saturated rings. The Bertz CT molecular complexity index is 690. The molecule has 3 N–H and O–H groups in total. The van der Waals surface area contributed by atoms with E-state index in [1.165, 1.54) is 0 Å². The van der Waals surface area contributed by atoms with Crippen LogP contribution in [0.15, 0.2) is 60.7 Å². The minimum atomic E-state index is -0.598. The van der Waals surface area contributed by atoms with E-state index in [4.69, 9.17) is 0 Å². The van der Waals surface area contributed by atoms with Crippen LogP contribution >= 0.6 is 0 Å². The van der Waals surface area contributed by atoms with Crippen LogP contribution in [-0.2, 0) is 0 Å². The van der Waals surface area contributed by atoms with Crippen LogP contribution in [0.4, 0.5) is 4.79 Å². The van der Waals surface area contributed by atoms with Gasteiger partial charge in [-0.25, -0.2) is 4.79 Å². The van der Waals surface area contributed by atoms with Crippen molar-refractivity contribution in [1.29, 1.82) is 0 Å². The summed E-state index contributed by atoms with van der Waals surface area (Å²) in [6, 6.07) is 18.6. The third kappa shape index (κ3) is 6.15. The average Bonchev–Trinajstić information content (AvgIpc) is 2.60. The molecule has 0 radical (unpaired) electrons. The van der Waals surface area contributed by atoms with Crippen LogP contribution in [0.5, 0.6) is 0 Å². The molecule has 2 aromatic rings. The predicted octanol–water partition coefficient (Wildman–Crippen LogP) is 2.85. The fourth-order valence-electron chi connectivity index (χ4n) is 2.27. The number of amides is 2. The molecule has 0 unspecified atom stereocenters. The molecule has 0 saturated heterocycles. The number of benzene rings is 2. The minimum absolute atomic E-state index is 0.151. The number of aliphatic hydroxyl groups excluding tert-OH is 1. The third-order valence-electron chi connectivity index (χ3n) is 3.48. The number of hydrogen-bond acceptors (Lipinski definition) is 2. The van der Waals surface area contributed by atoms with Crippen molar-refractivity contribution in [2.24, 2.45) is 0 Å².